The van der Waals surface area contributed by atoms with E-state index in [1.807, 2.05) is 13.0 Å². The van der Waals surface area contributed by atoms with Crippen LogP contribution >= 0.6 is 0 Å². The number of benzene rings is 1. The summed E-state index contributed by atoms with van der Waals surface area (Å²) < 4.78 is 0. The van der Waals surface area contributed by atoms with Crippen molar-refractivity contribution in [3.8, 4) is 5.75 Å². The van der Waals surface area contributed by atoms with Crippen molar-refractivity contribution in [3.05, 3.63) is 23.3 Å². The van der Waals surface area contributed by atoms with Crippen LogP contribution in [-0.4, -0.2) is 23.6 Å². The van der Waals surface area contributed by atoms with Gasteiger partial charge in [-0.15, -0.1) is 0 Å². The molecule has 1 heterocycles. The topological polar surface area (TPSA) is 61.4 Å². The molecule has 1 unspecified atom stereocenters. The fraction of sp³-hybridized carbons (Fsp3) is 0.462. The summed E-state index contributed by atoms with van der Waals surface area (Å²) in [4.78, 5) is 11.9. The number of phenols is 1. The first-order chi connectivity index (χ1) is 8.09. The first-order valence-electron chi connectivity index (χ1n) is 5.93. The maximum absolute atomic E-state index is 11.9. The Labute approximate surface area is 101 Å². The van der Waals surface area contributed by atoms with Gasteiger partial charge in [-0.2, -0.15) is 0 Å². The SMILES string of the molecule is Cc1ccc(NC(=O)C2CCCN2)c(C)c1O. The van der Waals surface area contributed by atoms with Crippen LogP contribution in [0.15, 0.2) is 12.1 Å². The Morgan fingerprint density at radius 2 is 2.24 bits per heavy atom. The molecule has 0 aliphatic carbocycles. The van der Waals surface area contributed by atoms with Crippen LogP contribution < -0.4 is 10.6 Å². The van der Waals surface area contributed by atoms with Gasteiger partial charge in [0.1, 0.15) is 5.75 Å². The number of anilines is 1. The second kappa shape index (κ2) is 4.75. The maximum Gasteiger partial charge on any atom is 0.241 e. The van der Waals surface area contributed by atoms with Gasteiger partial charge in [0.2, 0.25) is 5.91 Å². The van der Waals surface area contributed by atoms with E-state index in [1.54, 1.807) is 13.0 Å². The van der Waals surface area contributed by atoms with Crippen molar-refractivity contribution >= 4 is 11.6 Å². The number of hydrogen-bond acceptors (Lipinski definition) is 3. The van der Waals surface area contributed by atoms with Crippen molar-refractivity contribution in [2.24, 2.45) is 0 Å². The Morgan fingerprint density at radius 3 is 2.88 bits per heavy atom. The highest BCUT2D eigenvalue weighted by atomic mass is 16.3. The van der Waals surface area contributed by atoms with E-state index >= 15 is 0 Å². The molecule has 1 aromatic rings. The van der Waals surface area contributed by atoms with Gasteiger partial charge in [-0.05, 0) is 44.9 Å². The molecule has 1 aromatic carbocycles. The third-order valence-electron chi connectivity index (χ3n) is 3.27. The van der Waals surface area contributed by atoms with Crippen LogP contribution in [0.5, 0.6) is 5.75 Å². The summed E-state index contributed by atoms with van der Waals surface area (Å²) in [5.74, 6) is 0.232. The van der Waals surface area contributed by atoms with Gasteiger partial charge < -0.3 is 15.7 Å². The van der Waals surface area contributed by atoms with Gasteiger partial charge in [0.05, 0.1) is 6.04 Å². The van der Waals surface area contributed by atoms with Crippen LogP contribution in [0.3, 0.4) is 0 Å². The second-order valence-corrected chi connectivity index (χ2v) is 4.54. The summed E-state index contributed by atoms with van der Waals surface area (Å²) in [5, 5.41) is 15.8. The van der Waals surface area contributed by atoms with Crippen molar-refractivity contribution in [3.63, 3.8) is 0 Å². The number of amides is 1. The molecule has 1 aliphatic rings. The molecule has 0 spiro atoms. The normalized spacial score (nSPS) is 19.3. The number of hydrogen-bond donors (Lipinski definition) is 3. The van der Waals surface area contributed by atoms with Gasteiger partial charge in [-0.1, -0.05) is 6.07 Å². The van der Waals surface area contributed by atoms with E-state index in [1.165, 1.54) is 0 Å². The van der Waals surface area contributed by atoms with Gasteiger partial charge in [0, 0.05) is 11.3 Å². The Bertz CT molecular complexity index is 437. The molecule has 1 saturated heterocycles. The molecular formula is C13H18N2O2. The van der Waals surface area contributed by atoms with Crippen LogP contribution in [0.2, 0.25) is 0 Å². The average molecular weight is 234 g/mol. The predicted octanol–water partition coefficient (Wildman–Crippen LogP) is 1.70. The van der Waals surface area contributed by atoms with Gasteiger partial charge in [-0.25, -0.2) is 0 Å². The lowest BCUT2D eigenvalue weighted by molar-refractivity contribution is -0.117. The molecule has 2 rings (SSSR count). The Balaban J connectivity index is 2.13. The second-order valence-electron chi connectivity index (χ2n) is 4.54. The minimum Gasteiger partial charge on any atom is -0.507 e. The lowest BCUT2D eigenvalue weighted by atomic mass is 10.1. The molecule has 0 aromatic heterocycles. The van der Waals surface area contributed by atoms with Crippen molar-refractivity contribution in [2.75, 3.05) is 11.9 Å². The van der Waals surface area contributed by atoms with E-state index < -0.39 is 0 Å². The number of carbonyl (C=O) groups is 1. The number of aryl methyl sites for hydroxylation is 1. The molecule has 3 N–H and O–H groups in total. The predicted molar refractivity (Wildman–Crippen MR) is 67.2 cm³/mol. The van der Waals surface area contributed by atoms with Crippen LogP contribution in [0.25, 0.3) is 0 Å². The van der Waals surface area contributed by atoms with Crippen LogP contribution in [-0.2, 0) is 4.79 Å². The highest BCUT2D eigenvalue weighted by Crippen LogP contribution is 2.28. The van der Waals surface area contributed by atoms with E-state index in [-0.39, 0.29) is 17.7 Å². The largest absolute Gasteiger partial charge is 0.507 e. The lowest BCUT2D eigenvalue weighted by Gasteiger charge is -2.14. The zero-order valence-corrected chi connectivity index (χ0v) is 10.2. The fourth-order valence-electron chi connectivity index (χ4n) is 2.10. The highest BCUT2D eigenvalue weighted by Gasteiger charge is 2.22. The summed E-state index contributed by atoms with van der Waals surface area (Å²) >= 11 is 0. The third kappa shape index (κ3) is 2.42. The van der Waals surface area contributed by atoms with Crippen LogP contribution in [0.4, 0.5) is 5.69 Å². The minimum absolute atomic E-state index is 0.0196. The first kappa shape index (κ1) is 11.9. The van der Waals surface area contributed by atoms with Crippen LogP contribution in [0.1, 0.15) is 24.0 Å². The van der Waals surface area contributed by atoms with E-state index in [0.29, 0.717) is 5.69 Å². The molecular weight excluding hydrogens is 216 g/mol. The molecule has 17 heavy (non-hydrogen) atoms. The maximum atomic E-state index is 11.9. The minimum atomic E-state index is -0.0992. The molecule has 0 radical (unpaired) electrons. The Hall–Kier alpha value is -1.55. The quantitative estimate of drug-likeness (QED) is 0.730. The standard InChI is InChI=1S/C13H18N2O2/c1-8-5-6-10(9(2)12(8)16)15-13(17)11-4-3-7-14-11/h5-6,11,14,16H,3-4,7H2,1-2H3,(H,15,17). The molecule has 1 atom stereocenters. The highest BCUT2D eigenvalue weighted by molar-refractivity contribution is 5.96. The van der Waals surface area contributed by atoms with E-state index in [4.69, 9.17) is 0 Å². The molecule has 1 fully saturated rings. The molecule has 1 amide bonds. The van der Waals surface area contributed by atoms with E-state index in [2.05, 4.69) is 10.6 Å². The number of aromatic hydroxyl groups is 1. The van der Waals surface area contributed by atoms with Crippen LogP contribution in [0, 0.1) is 13.8 Å². The zero-order valence-electron chi connectivity index (χ0n) is 10.2. The number of rotatable bonds is 2. The monoisotopic (exact) mass is 234 g/mol. The summed E-state index contributed by atoms with van der Waals surface area (Å²) in [7, 11) is 0. The van der Waals surface area contributed by atoms with Crippen molar-refractivity contribution < 1.29 is 9.90 Å². The molecule has 92 valence electrons. The Morgan fingerprint density at radius 1 is 1.47 bits per heavy atom. The third-order valence-corrected chi connectivity index (χ3v) is 3.27. The Kier molecular flexibility index (Phi) is 3.33. The summed E-state index contributed by atoms with van der Waals surface area (Å²) in [6, 6.07) is 3.54. The molecule has 0 bridgehead atoms. The fourth-order valence-corrected chi connectivity index (χ4v) is 2.10. The summed E-state index contributed by atoms with van der Waals surface area (Å²) in [6.07, 6.45) is 1.92. The van der Waals surface area contributed by atoms with E-state index in [0.717, 1.165) is 30.5 Å². The average Bonchev–Trinajstić information content (AvgIpc) is 2.83. The van der Waals surface area contributed by atoms with Crippen molar-refractivity contribution in [2.45, 2.75) is 32.7 Å². The lowest BCUT2D eigenvalue weighted by Crippen LogP contribution is -2.35. The van der Waals surface area contributed by atoms with Crippen molar-refractivity contribution in [1.29, 1.82) is 0 Å². The smallest absolute Gasteiger partial charge is 0.241 e. The van der Waals surface area contributed by atoms with Crippen molar-refractivity contribution in [1.82, 2.24) is 5.32 Å². The van der Waals surface area contributed by atoms with Gasteiger partial charge in [-0.3, -0.25) is 4.79 Å². The number of phenolic OH excluding ortho intramolecular Hbond substituents is 1. The zero-order chi connectivity index (χ0) is 12.4. The van der Waals surface area contributed by atoms with Gasteiger partial charge in [0.25, 0.3) is 0 Å². The first-order valence-corrected chi connectivity index (χ1v) is 5.93. The summed E-state index contributed by atoms with van der Waals surface area (Å²) in [5.41, 5.74) is 2.22. The van der Waals surface area contributed by atoms with Gasteiger partial charge in [0.15, 0.2) is 0 Å². The molecule has 1 aliphatic heterocycles. The molecule has 4 heteroatoms. The number of nitrogens with one attached hydrogen (secondary N) is 2. The van der Waals surface area contributed by atoms with Gasteiger partial charge >= 0.3 is 0 Å². The molecule has 4 nitrogen and oxygen atoms in total. The molecule has 0 saturated carbocycles. The summed E-state index contributed by atoms with van der Waals surface area (Å²) in [6.45, 7) is 4.54. The number of carbonyl (C=O) groups excluding carboxylic acids is 1. The van der Waals surface area contributed by atoms with E-state index in [9.17, 15) is 9.90 Å².